The Morgan fingerprint density at radius 2 is 1.88 bits per heavy atom. The zero-order valence-electron chi connectivity index (χ0n) is 13.4. The third-order valence-corrected chi connectivity index (χ3v) is 4.18. The highest BCUT2D eigenvalue weighted by Gasteiger charge is 2.20. The van der Waals surface area contributed by atoms with Gasteiger partial charge in [-0.3, -0.25) is 0 Å². The molecule has 0 saturated carbocycles. The van der Waals surface area contributed by atoms with Gasteiger partial charge in [-0.15, -0.1) is 0 Å². The molecule has 1 aromatic carbocycles. The topological polar surface area (TPSA) is 50.7 Å². The van der Waals surface area contributed by atoms with Gasteiger partial charge in [0.1, 0.15) is 17.5 Å². The molecule has 1 atom stereocenters. The largest absolute Gasteiger partial charge is 0.363 e. The van der Waals surface area contributed by atoms with Gasteiger partial charge in [-0.1, -0.05) is 18.2 Å². The highest BCUT2D eigenvalue weighted by atomic mass is 79.9. The number of benzene rings is 1. The fraction of sp³-hybridized carbons (Fsp3) is 0.235. The van der Waals surface area contributed by atoms with Gasteiger partial charge >= 0.3 is 0 Å². The van der Waals surface area contributed by atoms with Crippen LogP contribution in [0, 0.1) is 12.7 Å². The van der Waals surface area contributed by atoms with E-state index in [2.05, 4.69) is 36.2 Å². The Hall–Kier alpha value is -2.22. The van der Waals surface area contributed by atoms with Gasteiger partial charge in [0.15, 0.2) is 5.65 Å². The molecule has 0 aliphatic heterocycles. The molecular formula is C17H14BrF3N4. The first-order chi connectivity index (χ1) is 11.9. The first-order valence-corrected chi connectivity index (χ1v) is 8.29. The molecule has 4 nitrogen and oxygen atoms in total. The van der Waals surface area contributed by atoms with Crippen molar-refractivity contribution in [1.82, 2.24) is 15.0 Å². The smallest absolute Gasteiger partial charge is 0.266 e. The van der Waals surface area contributed by atoms with Crippen molar-refractivity contribution in [2.75, 3.05) is 5.32 Å². The van der Waals surface area contributed by atoms with Crippen molar-refractivity contribution in [2.24, 2.45) is 0 Å². The lowest BCUT2D eigenvalue weighted by atomic mass is 10.0. The first kappa shape index (κ1) is 17.6. The molecule has 0 radical (unpaired) electrons. The predicted octanol–water partition coefficient (Wildman–Crippen LogP) is 5.35. The van der Waals surface area contributed by atoms with Crippen molar-refractivity contribution in [3.8, 4) is 0 Å². The van der Waals surface area contributed by atoms with Crippen LogP contribution < -0.4 is 5.32 Å². The SMILES string of the molecule is Cc1nc(NC(C)c2cccc(C(F)F)c2F)c2cc(Br)cnc2n1. The van der Waals surface area contributed by atoms with E-state index < -0.39 is 23.8 Å². The standard InChI is InChI=1S/C17H14BrF3N4/c1-8(11-4-3-5-12(14(11)19)15(20)21)23-17-13-6-10(18)7-22-16(13)24-9(2)25-17/h3-8,15H,1-2H3,(H,22,23,24,25). The number of alkyl halides is 2. The number of nitrogens with zero attached hydrogens (tertiary/aromatic N) is 3. The minimum Gasteiger partial charge on any atom is -0.363 e. The van der Waals surface area contributed by atoms with Gasteiger partial charge in [0.25, 0.3) is 6.43 Å². The quantitative estimate of drug-likeness (QED) is 0.629. The Morgan fingerprint density at radius 1 is 1.16 bits per heavy atom. The van der Waals surface area contributed by atoms with Crippen molar-refractivity contribution < 1.29 is 13.2 Å². The summed E-state index contributed by atoms with van der Waals surface area (Å²) in [4.78, 5) is 12.8. The van der Waals surface area contributed by atoms with Crippen LogP contribution in [0.4, 0.5) is 19.0 Å². The molecule has 2 aromatic heterocycles. The minimum atomic E-state index is -2.87. The zero-order valence-corrected chi connectivity index (χ0v) is 15.0. The Kier molecular flexibility index (Phi) is 4.89. The van der Waals surface area contributed by atoms with Crippen LogP contribution in [0.2, 0.25) is 0 Å². The lowest BCUT2D eigenvalue weighted by Crippen LogP contribution is -2.12. The van der Waals surface area contributed by atoms with Gasteiger partial charge in [0, 0.05) is 16.2 Å². The average Bonchev–Trinajstić information content (AvgIpc) is 2.55. The maximum atomic E-state index is 14.4. The molecule has 0 aliphatic carbocycles. The van der Waals surface area contributed by atoms with Crippen molar-refractivity contribution in [2.45, 2.75) is 26.3 Å². The second-order valence-electron chi connectivity index (χ2n) is 5.56. The van der Waals surface area contributed by atoms with Crippen LogP contribution in [-0.4, -0.2) is 15.0 Å². The second kappa shape index (κ2) is 6.95. The summed E-state index contributed by atoms with van der Waals surface area (Å²) in [5.74, 6) is 0.0522. The van der Waals surface area contributed by atoms with Crippen LogP contribution in [-0.2, 0) is 0 Å². The number of aromatic nitrogens is 3. The van der Waals surface area contributed by atoms with Crippen molar-refractivity contribution in [1.29, 1.82) is 0 Å². The molecular weight excluding hydrogens is 397 g/mol. The van der Waals surface area contributed by atoms with E-state index in [0.717, 1.165) is 10.5 Å². The molecule has 1 N–H and O–H groups in total. The van der Waals surface area contributed by atoms with Gasteiger partial charge < -0.3 is 5.32 Å². The first-order valence-electron chi connectivity index (χ1n) is 7.49. The van der Waals surface area contributed by atoms with E-state index in [1.165, 1.54) is 12.1 Å². The average molecular weight is 411 g/mol. The summed E-state index contributed by atoms with van der Waals surface area (Å²) in [6, 6.07) is 5.20. The zero-order chi connectivity index (χ0) is 18.1. The summed E-state index contributed by atoms with van der Waals surface area (Å²) in [5, 5.41) is 3.73. The summed E-state index contributed by atoms with van der Waals surface area (Å²) in [5.41, 5.74) is 0.0247. The third-order valence-electron chi connectivity index (χ3n) is 3.74. The second-order valence-corrected chi connectivity index (χ2v) is 6.48. The maximum Gasteiger partial charge on any atom is 0.266 e. The number of pyridine rings is 1. The van der Waals surface area contributed by atoms with Crippen molar-refractivity contribution in [3.05, 3.63) is 57.7 Å². The van der Waals surface area contributed by atoms with Crippen LogP contribution in [0.25, 0.3) is 11.0 Å². The molecule has 0 amide bonds. The fourth-order valence-electron chi connectivity index (χ4n) is 2.56. The predicted molar refractivity (Wildman–Crippen MR) is 93.2 cm³/mol. The highest BCUT2D eigenvalue weighted by Crippen LogP contribution is 2.30. The van der Waals surface area contributed by atoms with E-state index in [0.29, 0.717) is 22.7 Å². The van der Waals surface area contributed by atoms with Crippen molar-refractivity contribution >= 4 is 32.8 Å². The Labute approximate surface area is 150 Å². The van der Waals surface area contributed by atoms with E-state index in [4.69, 9.17) is 0 Å². The molecule has 0 fully saturated rings. The van der Waals surface area contributed by atoms with Crippen molar-refractivity contribution in [3.63, 3.8) is 0 Å². The van der Waals surface area contributed by atoms with E-state index in [1.54, 1.807) is 26.1 Å². The molecule has 2 heterocycles. The van der Waals surface area contributed by atoms with Gasteiger partial charge in [0.2, 0.25) is 0 Å². The highest BCUT2D eigenvalue weighted by molar-refractivity contribution is 9.10. The number of rotatable bonds is 4. The van der Waals surface area contributed by atoms with Crippen LogP contribution in [0.5, 0.6) is 0 Å². The molecule has 25 heavy (non-hydrogen) atoms. The van der Waals surface area contributed by atoms with Crippen LogP contribution in [0.15, 0.2) is 34.9 Å². The van der Waals surface area contributed by atoms with E-state index in [9.17, 15) is 13.2 Å². The maximum absolute atomic E-state index is 14.4. The minimum absolute atomic E-state index is 0.144. The molecule has 1 unspecified atom stereocenters. The van der Waals surface area contributed by atoms with Gasteiger partial charge in [-0.25, -0.2) is 28.1 Å². The molecule has 8 heteroatoms. The van der Waals surface area contributed by atoms with Gasteiger partial charge in [-0.05, 0) is 35.8 Å². The summed E-state index contributed by atoms with van der Waals surface area (Å²) >= 11 is 3.34. The van der Waals surface area contributed by atoms with E-state index in [1.807, 2.05) is 0 Å². The summed E-state index contributed by atoms with van der Waals surface area (Å²) in [6.45, 7) is 3.40. The van der Waals surface area contributed by atoms with Crippen LogP contribution in [0.1, 0.15) is 36.3 Å². The molecule has 3 rings (SSSR count). The normalized spacial score (nSPS) is 12.6. The number of anilines is 1. The molecule has 0 saturated heterocycles. The van der Waals surface area contributed by atoms with E-state index >= 15 is 0 Å². The van der Waals surface area contributed by atoms with Gasteiger partial charge in [-0.2, -0.15) is 0 Å². The molecule has 0 aliphatic rings. The number of fused-ring (bicyclic) bond motifs is 1. The van der Waals surface area contributed by atoms with Crippen LogP contribution in [0.3, 0.4) is 0 Å². The Bertz CT molecular complexity index is 933. The molecule has 3 aromatic rings. The fourth-order valence-corrected chi connectivity index (χ4v) is 2.89. The molecule has 130 valence electrons. The summed E-state index contributed by atoms with van der Waals surface area (Å²) in [7, 11) is 0. The third kappa shape index (κ3) is 3.58. The monoisotopic (exact) mass is 410 g/mol. The summed E-state index contributed by atoms with van der Waals surface area (Å²) in [6.07, 6.45) is -1.25. The summed E-state index contributed by atoms with van der Waals surface area (Å²) < 4.78 is 40.9. The number of halogens is 4. The van der Waals surface area contributed by atoms with E-state index in [-0.39, 0.29) is 5.56 Å². The lowest BCUT2D eigenvalue weighted by Gasteiger charge is -2.18. The molecule has 0 spiro atoms. The number of hydrogen-bond acceptors (Lipinski definition) is 4. The number of aryl methyl sites for hydroxylation is 1. The van der Waals surface area contributed by atoms with Gasteiger partial charge in [0.05, 0.1) is 17.0 Å². The Morgan fingerprint density at radius 3 is 2.60 bits per heavy atom. The molecule has 0 bridgehead atoms. The Balaban J connectivity index is 2.02. The van der Waals surface area contributed by atoms with Crippen LogP contribution >= 0.6 is 15.9 Å². The number of hydrogen-bond donors (Lipinski definition) is 1. The lowest BCUT2D eigenvalue weighted by molar-refractivity contribution is 0.146. The number of nitrogens with one attached hydrogen (secondary N) is 1.